The van der Waals surface area contributed by atoms with Gasteiger partial charge in [-0.05, 0) is 43.9 Å². The van der Waals surface area contributed by atoms with Gasteiger partial charge in [0.1, 0.15) is 17.9 Å². The molecule has 1 N–H and O–H groups in total. The number of aryl methyl sites for hydroxylation is 1. The van der Waals surface area contributed by atoms with Gasteiger partial charge in [0.05, 0.1) is 22.9 Å². The summed E-state index contributed by atoms with van der Waals surface area (Å²) in [5.74, 6) is -1.39. The van der Waals surface area contributed by atoms with Crippen LogP contribution < -0.4 is 10.4 Å². The second-order valence-electron chi connectivity index (χ2n) is 7.71. The molecule has 2 heterocycles. The number of nitrogens with zero attached hydrogens (tertiary/aromatic N) is 1. The van der Waals surface area contributed by atoms with Gasteiger partial charge in [0, 0.05) is 24.5 Å². The number of carboxylic acid groups (broad SMARTS) is 1. The molecule has 0 unspecified atom stereocenters. The number of aliphatic carboxylic acids is 1. The minimum atomic E-state index is -0.909. The first-order valence-corrected chi connectivity index (χ1v) is 10.1. The Hall–Kier alpha value is -2.80. The lowest BCUT2D eigenvalue weighted by molar-refractivity contribution is -0.145. The van der Waals surface area contributed by atoms with Crippen molar-refractivity contribution in [2.24, 2.45) is 5.92 Å². The molecule has 0 bridgehead atoms. The summed E-state index contributed by atoms with van der Waals surface area (Å²) in [5, 5.41) is 10.2. The Bertz CT molecular complexity index is 1070. The van der Waals surface area contributed by atoms with E-state index >= 15 is 0 Å². The molecule has 0 radical (unpaired) electrons. The number of hydrogen-bond donors (Lipinski definition) is 1. The van der Waals surface area contributed by atoms with Crippen LogP contribution in [0.25, 0.3) is 11.0 Å². The third-order valence-electron chi connectivity index (χ3n) is 5.27. The Kier molecular flexibility index (Phi) is 6.51. The maximum atomic E-state index is 12.7. The van der Waals surface area contributed by atoms with E-state index < -0.39 is 17.5 Å². The molecule has 1 aliphatic rings. The summed E-state index contributed by atoms with van der Waals surface area (Å²) < 4.78 is 11.0. The fourth-order valence-corrected chi connectivity index (χ4v) is 3.79. The van der Waals surface area contributed by atoms with E-state index in [0.717, 1.165) is 5.57 Å². The number of carboxylic acids is 1. The van der Waals surface area contributed by atoms with E-state index in [0.29, 0.717) is 46.7 Å². The average Bonchev–Trinajstić information content (AvgIpc) is 2.70. The number of fused-ring (bicyclic) bond motifs is 1. The summed E-state index contributed by atoms with van der Waals surface area (Å²) in [5.41, 5.74) is 1.39. The van der Waals surface area contributed by atoms with E-state index in [1.165, 1.54) is 4.90 Å². The van der Waals surface area contributed by atoms with Crippen LogP contribution >= 0.6 is 11.6 Å². The van der Waals surface area contributed by atoms with Crippen molar-refractivity contribution in [1.82, 2.24) is 4.90 Å². The van der Waals surface area contributed by atoms with Crippen LogP contribution in [0.4, 0.5) is 0 Å². The molecule has 1 saturated heterocycles. The summed E-state index contributed by atoms with van der Waals surface area (Å²) in [4.78, 5) is 38.1. The number of rotatable bonds is 6. The monoisotopic (exact) mass is 433 g/mol. The molecule has 1 amide bonds. The van der Waals surface area contributed by atoms with Gasteiger partial charge in [-0.25, -0.2) is 4.79 Å². The number of carbonyl (C=O) groups is 2. The highest BCUT2D eigenvalue weighted by molar-refractivity contribution is 6.32. The Morgan fingerprint density at radius 1 is 1.40 bits per heavy atom. The Morgan fingerprint density at radius 2 is 2.13 bits per heavy atom. The van der Waals surface area contributed by atoms with Crippen LogP contribution in [0.1, 0.15) is 30.9 Å². The maximum Gasteiger partial charge on any atom is 0.340 e. The second kappa shape index (κ2) is 8.92. The molecule has 1 aliphatic heterocycles. The van der Waals surface area contributed by atoms with Gasteiger partial charge in [-0.2, -0.15) is 0 Å². The molecule has 3 rings (SSSR count). The molecule has 8 heteroatoms. The summed E-state index contributed by atoms with van der Waals surface area (Å²) in [6, 6.07) is 3.21. The van der Waals surface area contributed by atoms with Crippen molar-refractivity contribution in [3.8, 4) is 5.75 Å². The van der Waals surface area contributed by atoms with Crippen molar-refractivity contribution in [1.29, 1.82) is 0 Å². The first kappa shape index (κ1) is 21.9. The van der Waals surface area contributed by atoms with Gasteiger partial charge < -0.3 is 19.2 Å². The normalized spacial score (nSPS) is 16.5. The molecular weight excluding hydrogens is 410 g/mol. The van der Waals surface area contributed by atoms with Gasteiger partial charge in [-0.1, -0.05) is 18.2 Å². The van der Waals surface area contributed by atoms with E-state index in [2.05, 4.69) is 6.58 Å². The molecule has 7 nitrogen and oxygen atoms in total. The topological polar surface area (TPSA) is 97.0 Å². The van der Waals surface area contributed by atoms with Gasteiger partial charge in [0.2, 0.25) is 5.91 Å². The molecule has 1 fully saturated rings. The summed E-state index contributed by atoms with van der Waals surface area (Å²) in [6.07, 6.45) is 1.02. The number of benzene rings is 1. The van der Waals surface area contributed by atoms with E-state index in [1.807, 2.05) is 6.92 Å². The van der Waals surface area contributed by atoms with Crippen LogP contribution in [0.15, 0.2) is 33.5 Å². The number of ether oxygens (including phenoxy) is 1. The zero-order valence-corrected chi connectivity index (χ0v) is 17.8. The van der Waals surface area contributed by atoms with Crippen LogP contribution in [0.2, 0.25) is 5.02 Å². The molecule has 0 saturated carbocycles. The van der Waals surface area contributed by atoms with Gasteiger partial charge in [0.25, 0.3) is 0 Å². The average molecular weight is 434 g/mol. The van der Waals surface area contributed by atoms with Gasteiger partial charge in [-0.3, -0.25) is 9.59 Å². The first-order chi connectivity index (χ1) is 14.2. The molecule has 160 valence electrons. The smallest absolute Gasteiger partial charge is 0.340 e. The number of likely N-dealkylation sites (tertiary alicyclic amines) is 1. The number of hydrogen-bond acceptors (Lipinski definition) is 5. The molecule has 1 aromatic heterocycles. The van der Waals surface area contributed by atoms with Crippen LogP contribution in [-0.4, -0.2) is 41.6 Å². The fourth-order valence-electron chi connectivity index (χ4n) is 3.57. The summed E-state index contributed by atoms with van der Waals surface area (Å²) in [7, 11) is 0. The van der Waals surface area contributed by atoms with Crippen LogP contribution in [0.3, 0.4) is 0 Å². The number of carbonyl (C=O) groups excluding carboxylic acids is 1. The van der Waals surface area contributed by atoms with Crippen LogP contribution in [0, 0.1) is 12.8 Å². The van der Waals surface area contributed by atoms with Crippen LogP contribution in [0.5, 0.6) is 5.75 Å². The molecule has 0 spiro atoms. The van der Waals surface area contributed by atoms with Crippen molar-refractivity contribution in [2.75, 3.05) is 19.7 Å². The lowest BCUT2D eigenvalue weighted by Crippen LogP contribution is -2.43. The third kappa shape index (κ3) is 4.67. The van der Waals surface area contributed by atoms with Gasteiger partial charge >= 0.3 is 11.6 Å². The number of amides is 1. The minimum Gasteiger partial charge on any atom is -0.488 e. The Balaban J connectivity index is 1.88. The number of halogens is 1. The lowest BCUT2D eigenvalue weighted by atomic mass is 9.97. The predicted molar refractivity (Wildman–Crippen MR) is 113 cm³/mol. The van der Waals surface area contributed by atoms with Crippen molar-refractivity contribution in [2.45, 2.75) is 33.1 Å². The zero-order chi connectivity index (χ0) is 22.0. The Labute approximate surface area is 178 Å². The maximum absolute atomic E-state index is 12.7. The SMILES string of the molecule is C=C(C)COc1cc2oc(=O)c(CC(=O)N3CCC[C@H](C(=O)O)C3)c(C)c2cc1Cl. The van der Waals surface area contributed by atoms with Crippen molar-refractivity contribution >= 4 is 34.4 Å². The third-order valence-corrected chi connectivity index (χ3v) is 5.56. The zero-order valence-electron chi connectivity index (χ0n) is 17.0. The first-order valence-electron chi connectivity index (χ1n) is 9.71. The molecule has 1 atom stereocenters. The quantitative estimate of drug-likeness (QED) is 0.552. The molecule has 1 aromatic carbocycles. The minimum absolute atomic E-state index is 0.151. The highest BCUT2D eigenvalue weighted by atomic mass is 35.5. The molecular formula is C22H24ClNO6. The summed E-state index contributed by atoms with van der Waals surface area (Å²) >= 11 is 6.32. The lowest BCUT2D eigenvalue weighted by Gasteiger charge is -2.30. The molecule has 2 aromatic rings. The molecule has 0 aliphatic carbocycles. The summed E-state index contributed by atoms with van der Waals surface area (Å²) in [6.45, 7) is 8.26. The van der Waals surface area contributed by atoms with Crippen LogP contribution in [-0.2, 0) is 16.0 Å². The number of piperidine rings is 1. The van der Waals surface area contributed by atoms with E-state index in [1.54, 1.807) is 19.1 Å². The second-order valence-corrected chi connectivity index (χ2v) is 8.12. The van der Waals surface area contributed by atoms with E-state index in [4.69, 9.17) is 20.8 Å². The Morgan fingerprint density at radius 3 is 2.80 bits per heavy atom. The van der Waals surface area contributed by atoms with Crippen molar-refractivity contribution < 1.29 is 23.8 Å². The highest BCUT2D eigenvalue weighted by Gasteiger charge is 2.29. The van der Waals surface area contributed by atoms with Gasteiger partial charge in [-0.15, -0.1) is 0 Å². The predicted octanol–water partition coefficient (Wildman–Crippen LogP) is 3.58. The van der Waals surface area contributed by atoms with E-state index in [9.17, 15) is 19.5 Å². The van der Waals surface area contributed by atoms with Gasteiger partial charge in [0.15, 0.2) is 0 Å². The van der Waals surface area contributed by atoms with E-state index in [-0.39, 0.29) is 31.0 Å². The fraction of sp³-hybridized carbons (Fsp3) is 0.409. The largest absolute Gasteiger partial charge is 0.488 e. The van der Waals surface area contributed by atoms with Crippen molar-refractivity contribution in [3.63, 3.8) is 0 Å². The highest BCUT2D eigenvalue weighted by Crippen LogP contribution is 2.32. The standard InChI is InChI=1S/C22H24ClNO6/c1-12(2)11-29-19-9-18-15(7-17(19)23)13(3)16(22(28)30-18)8-20(25)24-6-4-5-14(10-24)21(26)27/h7,9,14H,1,4-6,8,10-11H2,2-3H3,(H,26,27)/t14-/m0/s1. The molecule has 30 heavy (non-hydrogen) atoms. The van der Waals surface area contributed by atoms with Crippen molar-refractivity contribution in [3.05, 3.63) is 50.9 Å².